The van der Waals surface area contributed by atoms with Crippen molar-refractivity contribution in [3.05, 3.63) is 35.9 Å². The largest absolute Gasteiger partial charge is 0.360 e. The number of fused-ring (bicyclic) bond motifs is 2. The first-order valence-electron chi connectivity index (χ1n) is 9.59. The smallest absolute Gasteiger partial charge is 0.166 e. The highest BCUT2D eigenvalue weighted by Crippen LogP contribution is 2.44. The summed E-state index contributed by atoms with van der Waals surface area (Å²) >= 11 is 5.59. The Morgan fingerprint density at radius 2 is 1.79 bits per heavy atom. The molecule has 3 nitrogen and oxygen atoms in total. The predicted molar refractivity (Wildman–Crippen MR) is 103 cm³/mol. The van der Waals surface area contributed by atoms with Crippen molar-refractivity contribution in [3.63, 3.8) is 0 Å². The predicted octanol–water partition coefficient (Wildman–Crippen LogP) is 3.30. The van der Waals surface area contributed by atoms with E-state index < -0.39 is 0 Å². The molecular formula is C20H29N3S. The molecule has 2 bridgehead atoms. The summed E-state index contributed by atoms with van der Waals surface area (Å²) in [7, 11) is 0. The number of rotatable bonds is 4. The number of nitrogens with one attached hydrogen (secondary N) is 2. The van der Waals surface area contributed by atoms with E-state index in [1.807, 2.05) is 0 Å². The second-order valence-corrected chi connectivity index (χ2v) is 8.34. The lowest BCUT2D eigenvalue weighted by Gasteiger charge is -2.34. The van der Waals surface area contributed by atoms with Gasteiger partial charge in [0.1, 0.15) is 0 Å². The molecule has 0 radical (unpaired) electrons. The van der Waals surface area contributed by atoms with Crippen LogP contribution < -0.4 is 10.6 Å². The highest BCUT2D eigenvalue weighted by Gasteiger charge is 2.39. The van der Waals surface area contributed by atoms with Crippen molar-refractivity contribution in [2.75, 3.05) is 13.1 Å². The fourth-order valence-corrected chi connectivity index (χ4v) is 5.21. The van der Waals surface area contributed by atoms with Crippen LogP contribution in [0.5, 0.6) is 0 Å². The number of hydrogen-bond acceptors (Lipinski definition) is 2. The molecule has 1 heterocycles. The van der Waals surface area contributed by atoms with E-state index in [-0.39, 0.29) is 0 Å². The Labute approximate surface area is 151 Å². The maximum Gasteiger partial charge on any atom is 0.166 e. The van der Waals surface area contributed by atoms with Gasteiger partial charge >= 0.3 is 0 Å². The fourth-order valence-electron chi connectivity index (χ4n) is 4.89. The summed E-state index contributed by atoms with van der Waals surface area (Å²) < 4.78 is 0. The second kappa shape index (κ2) is 7.40. The summed E-state index contributed by atoms with van der Waals surface area (Å²) in [5.74, 6) is 1.85. The van der Waals surface area contributed by atoms with E-state index in [4.69, 9.17) is 12.2 Å². The van der Waals surface area contributed by atoms with Gasteiger partial charge in [0.05, 0.1) is 0 Å². The number of nitrogens with zero attached hydrogens (tertiary/aromatic N) is 1. The van der Waals surface area contributed by atoms with Crippen molar-refractivity contribution in [1.82, 2.24) is 15.5 Å². The molecule has 3 aliphatic rings. The summed E-state index contributed by atoms with van der Waals surface area (Å²) in [6.07, 6.45) is 7.99. The third-order valence-electron chi connectivity index (χ3n) is 6.23. The van der Waals surface area contributed by atoms with E-state index in [0.717, 1.165) is 36.6 Å². The minimum Gasteiger partial charge on any atom is -0.360 e. The lowest BCUT2D eigenvalue weighted by molar-refractivity contribution is 0.198. The summed E-state index contributed by atoms with van der Waals surface area (Å²) in [5, 5.41) is 8.10. The van der Waals surface area contributed by atoms with Gasteiger partial charge < -0.3 is 10.6 Å². The van der Waals surface area contributed by atoms with Crippen LogP contribution in [0.3, 0.4) is 0 Å². The Bertz CT molecular complexity index is 553. The number of piperidine rings is 1. The van der Waals surface area contributed by atoms with Crippen molar-refractivity contribution < 1.29 is 0 Å². The quantitative estimate of drug-likeness (QED) is 0.820. The van der Waals surface area contributed by atoms with Crippen LogP contribution in [0.15, 0.2) is 30.3 Å². The Morgan fingerprint density at radius 3 is 2.46 bits per heavy atom. The van der Waals surface area contributed by atoms with Crippen LogP contribution in [-0.2, 0) is 6.54 Å². The Morgan fingerprint density at radius 1 is 1.00 bits per heavy atom. The molecular weight excluding hydrogens is 314 g/mol. The van der Waals surface area contributed by atoms with Crippen LogP contribution in [0.25, 0.3) is 0 Å². The van der Waals surface area contributed by atoms with Crippen molar-refractivity contribution >= 4 is 17.3 Å². The normalized spacial score (nSPS) is 30.4. The van der Waals surface area contributed by atoms with Crippen molar-refractivity contribution in [2.45, 2.75) is 57.2 Å². The molecule has 3 atom stereocenters. The Balaban J connectivity index is 1.18. The molecule has 130 valence electrons. The van der Waals surface area contributed by atoms with Crippen LogP contribution in [0.1, 0.15) is 44.1 Å². The van der Waals surface area contributed by atoms with Crippen LogP contribution >= 0.6 is 12.2 Å². The highest BCUT2D eigenvalue weighted by atomic mass is 32.1. The lowest BCUT2D eigenvalue weighted by atomic mass is 9.95. The molecule has 4 rings (SSSR count). The third-order valence-corrected chi connectivity index (χ3v) is 6.46. The SMILES string of the molecule is S=C(NC1CCN(Cc2ccccc2)CC1)N[C@H]1C[C@@H]2CC[C@@H]1C2. The van der Waals surface area contributed by atoms with Gasteiger partial charge in [-0.25, -0.2) is 0 Å². The van der Waals surface area contributed by atoms with E-state index in [9.17, 15) is 0 Å². The number of benzene rings is 1. The fraction of sp³-hybridized carbons (Fsp3) is 0.650. The van der Waals surface area contributed by atoms with Gasteiger partial charge in [-0.15, -0.1) is 0 Å². The van der Waals surface area contributed by atoms with Crippen molar-refractivity contribution in [3.8, 4) is 0 Å². The van der Waals surface area contributed by atoms with E-state index in [2.05, 4.69) is 45.9 Å². The van der Waals surface area contributed by atoms with Gasteiger partial charge in [0.2, 0.25) is 0 Å². The molecule has 1 aromatic rings. The van der Waals surface area contributed by atoms with Crippen LogP contribution in [-0.4, -0.2) is 35.2 Å². The van der Waals surface area contributed by atoms with Crippen LogP contribution in [0.2, 0.25) is 0 Å². The van der Waals surface area contributed by atoms with Crippen molar-refractivity contribution in [1.29, 1.82) is 0 Å². The highest BCUT2D eigenvalue weighted by molar-refractivity contribution is 7.80. The van der Waals surface area contributed by atoms with Gasteiger partial charge in [0.25, 0.3) is 0 Å². The molecule has 0 aromatic heterocycles. The summed E-state index contributed by atoms with van der Waals surface area (Å²) in [6, 6.07) is 12.0. The molecule has 2 N–H and O–H groups in total. The minimum absolute atomic E-state index is 0.538. The molecule has 1 aliphatic heterocycles. The standard InChI is InChI=1S/C20H29N3S/c24-20(22-19-13-16-6-7-17(19)12-16)21-18-8-10-23(11-9-18)14-15-4-2-1-3-5-15/h1-5,16-19H,6-14H2,(H2,21,22,24)/t16-,17-,19+/m1/s1. The zero-order valence-corrected chi connectivity index (χ0v) is 15.2. The first kappa shape index (κ1) is 16.3. The van der Waals surface area contributed by atoms with E-state index in [1.54, 1.807) is 0 Å². The van der Waals surface area contributed by atoms with Crippen LogP contribution in [0.4, 0.5) is 0 Å². The molecule has 0 amide bonds. The number of thiocarbonyl (C=S) groups is 1. The van der Waals surface area contributed by atoms with E-state index in [1.165, 1.54) is 44.1 Å². The average Bonchev–Trinajstić information content (AvgIpc) is 3.20. The van der Waals surface area contributed by atoms with Crippen LogP contribution in [0, 0.1) is 11.8 Å². The Hall–Kier alpha value is -1.13. The van der Waals surface area contributed by atoms with Gasteiger partial charge in [-0.3, -0.25) is 4.90 Å². The van der Waals surface area contributed by atoms with E-state index in [0.29, 0.717) is 12.1 Å². The molecule has 1 aromatic carbocycles. The maximum absolute atomic E-state index is 5.59. The maximum atomic E-state index is 5.59. The molecule has 0 spiro atoms. The van der Waals surface area contributed by atoms with Gasteiger partial charge in [-0.2, -0.15) is 0 Å². The second-order valence-electron chi connectivity index (χ2n) is 7.94. The summed E-state index contributed by atoms with van der Waals surface area (Å²) in [5.41, 5.74) is 1.41. The summed E-state index contributed by atoms with van der Waals surface area (Å²) in [4.78, 5) is 2.56. The third kappa shape index (κ3) is 3.92. The summed E-state index contributed by atoms with van der Waals surface area (Å²) in [6.45, 7) is 3.38. The molecule has 2 aliphatic carbocycles. The van der Waals surface area contributed by atoms with Gasteiger partial charge in [-0.1, -0.05) is 36.8 Å². The molecule has 1 saturated heterocycles. The van der Waals surface area contributed by atoms with Gasteiger partial charge in [0.15, 0.2) is 5.11 Å². The molecule has 0 unspecified atom stereocenters. The van der Waals surface area contributed by atoms with E-state index >= 15 is 0 Å². The zero-order chi connectivity index (χ0) is 16.4. The monoisotopic (exact) mass is 343 g/mol. The molecule has 2 saturated carbocycles. The number of likely N-dealkylation sites (tertiary alicyclic amines) is 1. The first-order valence-corrected chi connectivity index (χ1v) is 10.0. The first-order chi connectivity index (χ1) is 11.8. The number of hydrogen-bond donors (Lipinski definition) is 2. The Kier molecular flexibility index (Phi) is 5.04. The van der Waals surface area contributed by atoms with Gasteiger partial charge in [0, 0.05) is 31.7 Å². The molecule has 24 heavy (non-hydrogen) atoms. The lowest BCUT2D eigenvalue weighted by Crippen LogP contribution is -2.50. The molecule has 3 fully saturated rings. The van der Waals surface area contributed by atoms with Crippen molar-refractivity contribution in [2.24, 2.45) is 11.8 Å². The zero-order valence-electron chi connectivity index (χ0n) is 14.4. The topological polar surface area (TPSA) is 27.3 Å². The average molecular weight is 344 g/mol. The van der Waals surface area contributed by atoms with Gasteiger partial charge in [-0.05, 0) is 61.7 Å². The molecule has 4 heteroatoms. The minimum atomic E-state index is 0.538.